The number of carbonyl (C=O) groups excluding carboxylic acids is 1. The van der Waals surface area contributed by atoms with E-state index in [1.54, 1.807) is 34.1 Å². The largest absolute Gasteiger partial charge is 0.496 e. The van der Waals surface area contributed by atoms with Gasteiger partial charge in [0.1, 0.15) is 11.4 Å². The number of amides is 1. The summed E-state index contributed by atoms with van der Waals surface area (Å²) in [5.74, 6) is 0.688. The minimum Gasteiger partial charge on any atom is -0.496 e. The molecule has 0 aliphatic carbocycles. The van der Waals surface area contributed by atoms with Gasteiger partial charge >= 0.3 is 6.09 Å². The molecule has 1 N–H and O–H groups in total. The summed E-state index contributed by atoms with van der Waals surface area (Å²) in [5, 5.41) is 6.02. The van der Waals surface area contributed by atoms with E-state index < -0.39 is 11.7 Å². The summed E-state index contributed by atoms with van der Waals surface area (Å²) >= 11 is 0. The Morgan fingerprint density at radius 2 is 1.91 bits per heavy atom. The molecule has 0 spiro atoms. The molecule has 22 heavy (non-hydrogen) atoms. The summed E-state index contributed by atoms with van der Waals surface area (Å²) in [6.07, 6.45) is 0.966. The second kappa shape index (κ2) is 6.47. The van der Waals surface area contributed by atoms with Gasteiger partial charge in [-0.1, -0.05) is 30.3 Å². The Morgan fingerprint density at radius 1 is 1.18 bits per heavy atom. The van der Waals surface area contributed by atoms with Gasteiger partial charge in [-0.15, -0.1) is 0 Å². The average molecular weight is 300 g/mol. The van der Waals surface area contributed by atoms with Gasteiger partial charge in [0.25, 0.3) is 0 Å². The van der Waals surface area contributed by atoms with E-state index in [4.69, 9.17) is 9.47 Å². The minimum atomic E-state index is -0.594. The second-order valence-corrected chi connectivity index (χ2v) is 5.77. The highest BCUT2D eigenvalue weighted by molar-refractivity contribution is 6.02. The third-order valence-electron chi connectivity index (χ3n) is 2.90. The molecule has 0 atom stereocenters. The van der Waals surface area contributed by atoms with Gasteiger partial charge in [-0.3, -0.25) is 0 Å². The molecule has 0 aliphatic heterocycles. The van der Waals surface area contributed by atoms with Crippen LogP contribution < -0.4 is 10.2 Å². The molecule has 1 amide bonds. The van der Waals surface area contributed by atoms with Gasteiger partial charge in [0.05, 0.1) is 13.3 Å². The van der Waals surface area contributed by atoms with E-state index in [1.165, 1.54) is 0 Å². The molecule has 0 unspecified atom stereocenters. The number of methoxy groups -OCH3 is 1. The predicted octanol–water partition coefficient (Wildman–Crippen LogP) is 3.71. The van der Waals surface area contributed by atoms with E-state index in [-0.39, 0.29) is 0 Å². The predicted molar refractivity (Wildman–Crippen MR) is 87.5 cm³/mol. The van der Waals surface area contributed by atoms with Crippen molar-refractivity contribution in [2.45, 2.75) is 26.4 Å². The van der Waals surface area contributed by atoms with E-state index in [1.807, 2.05) is 36.4 Å². The smallest absolute Gasteiger partial charge is 0.428 e. The van der Waals surface area contributed by atoms with Crippen LogP contribution in [0.4, 0.5) is 4.79 Å². The number of carbonyl (C=O) groups is 1. The highest BCUT2D eigenvalue weighted by Crippen LogP contribution is 2.26. The first kappa shape index (κ1) is 15.8. The third-order valence-corrected chi connectivity index (χ3v) is 2.90. The van der Waals surface area contributed by atoms with Crippen LogP contribution in [0.3, 0.4) is 0 Å². The van der Waals surface area contributed by atoms with Crippen LogP contribution in [0, 0.1) is 0 Å². The minimum absolute atomic E-state index is 0.559. The van der Waals surface area contributed by atoms with Crippen LogP contribution in [-0.2, 0) is 4.74 Å². The number of fused-ring (bicyclic) bond motifs is 1. The highest BCUT2D eigenvalue weighted by Gasteiger charge is 2.15. The lowest BCUT2D eigenvalue weighted by molar-refractivity contribution is 0.0529. The molecule has 0 heterocycles. The molecular weight excluding hydrogens is 280 g/mol. The van der Waals surface area contributed by atoms with E-state index in [0.29, 0.717) is 5.75 Å². The lowest BCUT2D eigenvalue weighted by Crippen LogP contribution is -2.29. The molecule has 0 bridgehead atoms. The Kier molecular flexibility index (Phi) is 4.65. The van der Waals surface area contributed by atoms with Gasteiger partial charge in [-0.25, -0.2) is 10.2 Å². The van der Waals surface area contributed by atoms with Crippen LogP contribution >= 0.6 is 0 Å². The summed E-state index contributed by atoms with van der Waals surface area (Å²) in [6, 6.07) is 11.7. The zero-order valence-electron chi connectivity index (χ0n) is 13.2. The molecule has 2 aromatic rings. The lowest BCUT2D eigenvalue weighted by atomic mass is 10.0. The van der Waals surface area contributed by atoms with Crippen molar-refractivity contribution < 1.29 is 14.3 Å². The zero-order chi connectivity index (χ0) is 16.2. The van der Waals surface area contributed by atoms with Crippen molar-refractivity contribution >= 4 is 23.1 Å². The summed E-state index contributed by atoms with van der Waals surface area (Å²) in [5.41, 5.74) is 2.60. The fourth-order valence-electron chi connectivity index (χ4n) is 2.04. The van der Waals surface area contributed by atoms with Crippen molar-refractivity contribution in [1.29, 1.82) is 0 Å². The van der Waals surface area contributed by atoms with Crippen molar-refractivity contribution in [3.63, 3.8) is 0 Å². The van der Waals surface area contributed by atoms with Gasteiger partial charge in [-0.05, 0) is 37.6 Å². The summed E-state index contributed by atoms with van der Waals surface area (Å²) in [4.78, 5) is 11.6. The maximum absolute atomic E-state index is 11.6. The summed E-state index contributed by atoms with van der Waals surface area (Å²) in [6.45, 7) is 5.39. The fourth-order valence-corrected chi connectivity index (χ4v) is 2.04. The zero-order valence-corrected chi connectivity index (χ0v) is 13.2. The van der Waals surface area contributed by atoms with Crippen LogP contribution in [0.25, 0.3) is 10.8 Å². The van der Waals surface area contributed by atoms with Crippen molar-refractivity contribution in [2.75, 3.05) is 7.11 Å². The Bertz CT molecular complexity index is 703. The second-order valence-electron chi connectivity index (χ2n) is 5.77. The Labute approximate surface area is 129 Å². The van der Waals surface area contributed by atoms with Gasteiger partial charge in [0.15, 0.2) is 0 Å². The van der Waals surface area contributed by atoms with Crippen molar-refractivity contribution in [3.8, 4) is 5.75 Å². The van der Waals surface area contributed by atoms with Crippen LogP contribution in [-0.4, -0.2) is 25.0 Å². The molecule has 2 aromatic carbocycles. The first-order valence-corrected chi connectivity index (χ1v) is 6.98. The molecule has 0 aliphatic rings. The molecule has 0 saturated carbocycles. The lowest BCUT2D eigenvalue weighted by Gasteiger charge is -2.18. The maximum Gasteiger partial charge on any atom is 0.428 e. The van der Waals surface area contributed by atoms with E-state index >= 15 is 0 Å². The number of nitrogens with one attached hydrogen (secondary N) is 1. The number of hydrogen-bond acceptors (Lipinski definition) is 4. The summed E-state index contributed by atoms with van der Waals surface area (Å²) in [7, 11) is 1.60. The molecule has 5 nitrogen and oxygen atoms in total. The normalized spacial score (nSPS) is 11.6. The molecule has 2 rings (SSSR count). The molecular formula is C17H20N2O3. The Morgan fingerprint density at radius 3 is 2.59 bits per heavy atom. The van der Waals surface area contributed by atoms with Gasteiger partial charge < -0.3 is 9.47 Å². The van der Waals surface area contributed by atoms with Crippen molar-refractivity contribution in [3.05, 3.63) is 42.0 Å². The van der Waals surface area contributed by atoms with Crippen molar-refractivity contribution in [1.82, 2.24) is 5.43 Å². The number of hydrogen-bond donors (Lipinski definition) is 1. The van der Waals surface area contributed by atoms with Gasteiger partial charge in [0, 0.05) is 5.56 Å². The molecule has 0 fully saturated rings. The van der Waals surface area contributed by atoms with Crippen LogP contribution in [0.1, 0.15) is 26.3 Å². The Balaban J connectivity index is 2.23. The Hall–Kier alpha value is -2.56. The number of nitrogens with zero attached hydrogens (tertiary/aromatic N) is 1. The number of ether oxygens (including phenoxy) is 2. The van der Waals surface area contributed by atoms with Gasteiger partial charge in [0.2, 0.25) is 0 Å². The van der Waals surface area contributed by atoms with E-state index in [9.17, 15) is 4.79 Å². The molecule has 116 valence electrons. The molecule has 5 heteroatoms. The average Bonchev–Trinajstić information content (AvgIpc) is 2.45. The van der Waals surface area contributed by atoms with Gasteiger partial charge in [-0.2, -0.15) is 5.10 Å². The monoisotopic (exact) mass is 300 g/mol. The number of benzene rings is 2. The summed E-state index contributed by atoms with van der Waals surface area (Å²) < 4.78 is 10.5. The highest BCUT2D eigenvalue weighted by atomic mass is 16.6. The van der Waals surface area contributed by atoms with Crippen molar-refractivity contribution in [2.24, 2.45) is 5.10 Å². The van der Waals surface area contributed by atoms with Crippen LogP contribution in [0.5, 0.6) is 5.75 Å². The third kappa shape index (κ3) is 3.97. The maximum atomic E-state index is 11.6. The first-order chi connectivity index (χ1) is 10.4. The molecule has 0 aromatic heterocycles. The SMILES string of the molecule is COc1ccc2ccccc2c1/C=N\NC(=O)OC(C)(C)C. The first-order valence-electron chi connectivity index (χ1n) is 6.98. The van der Waals surface area contributed by atoms with E-state index in [2.05, 4.69) is 10.5 Å². The molecule has 0 radical (unpaired) electrons. The van der Waals surface area contributed by atoms with Crippen LogP contribution in [0.2, 0.25) is 0 Å². The number of rotatable bonds is 3. The standard InChI is InChI=1S/C17H20N2O3/c1-17(2,3)22-16(20)19-18-11-14-13-8-6-5-7-12(13)9-10-15(14)21-4/h5-11H,1-4H3,(H,19,20)/b18-11-. The van der Waals surface area contributed by atoms with E-state index in [0.717, 1.165) is 16.3 Å². The quantitative estimate of drug-likeness (QED) is 0.694. The topological polar surface area (TPSA) is 59.9 Å². The molecule has 0 saturated heterocycles. The fraction of sp³-hybridized carbons (Fsp3) is 0.294. The van der Waals surface area contributed by atoms with Crippen LogP contribution in [0.15, 0.2) is 41.5 Å². The number of hydrazone groups is 1.